The lowest BCUT2D eigenvalue weighted by Crippen LogP contribution is -2.09. The van der Waals surface area contributed by atoms with E-state index in [1.165, 1.54) is 7.11 Å². The van der Waals surface area contributed by atoms with Crippen molar-refractivity contribution >= 4 is 11.8 Å². The van der Waals surface area contributed by atoms with E-state index in [0.29, 0.717) is 19.6 Å². The summed E-state index contributed by atoms with van der Waals surface area (Å²) in [5, 5.41) is 0. The average Bonchev–Trinajstić information content (AvgIpc) is 2.43. The Morgan fingerprint density at radius 3 is 2.53 bits per heavy atom. The summed E-state index contributed by atoms with van der Waals surface area (Å²) in [6, 6.07) is 9.95. The highest BCUT2D eigenvalue weighted by molar-refractivity contribution is 5.95. The molecule has 0 spiro atoms. The van der Waals surface area contributed by atoms with E-state index >= 15 is 0 Å². The van der Waals surface area contributed by atoms with E-state index in [2.05, 4.69) is 4.74 Å². The number of ether oxygens (including phenoxy) is 2. The minimum atomic E-state index is -0.467. The molecule has 0 amide bonds. The normalized spacial score (nSPS) is 10.2. The number of unbranched alkanes of at least 4 members (excludes halogenated alkanes) is 1. The van der Waals surface area contributed by atoms with Crippen LogP contribution in [0.25, 0.3) is 0 Å². The number of carbonyl (C=O) groups is 2. The zero-order valence-electron chi connectivity index (χ0n) is 11.3. The molecule has 19 heavy (non-hydrogen) atoms. The van der Waals surface area contributed by atoms with E-state index in [4.69, 9.17) is 4.74 Å². The van der Waals surface area contributed by atoms with Gasteiger partial charge in [-0.3, -0.25) is 9.59 Å². The maximum absolute atomic E-state index is 11.3. The fraction of sp³-hybridized carbons (Fsp3) is 0.467. The highest BCUT2D eigenvalue weighted by Gasteiger charge is 2.08. The fourth-order valence-corrected chi connectivity index (χ4v) is 1.61. The van der Waals surface area contributed by atoms with Gasteiger partial charge in [-0.05, 0) is 18.4 Å². The molecule has 1 rings (SSSR count). The Kier molecular flexibility index (Phi) is 7.51. The number of methoxy groups -OCH3 is 1. The van der Waals surface area contributed by atoms with Crippen LogP contribution in [0.1, 0.15) is 31.2 Å². The molecule has 1 aromatic carbocycles. The Morgan fingerprint density at radius 1 is 1.11 bits per heavy atom. The van der Waals surface area contributed by atoms with Gasteiger partial charge in [-0.2, -0.15) is 0 Å². The molecule has 0 atom stereocenters. The third-order valence-corrected chi connectivity index (χ3v) is 2.68. The number of hydrogen-bond donors (Lipinski definition) is 0. The molecule has 0 fully saturated rings. The first-order valence-corrected chi connectivity index (χ1v) is 6.42. The van der Waals surface area contributed by atoms with Crippen LogP contribution in [0.5, 0.6) is 0 Å². The van der Waals surface area contributed by atoms with Gasteiger partial charge in [0, 0.05) is 13.0 Å². The lowest BCUT2D eigenvalue weighted by Gasteiger charge is -2.04. The monoisotopic (exact) mass is 264 g/mol. The smallest absolute Gasteiger partial charge is 0.313 e. The van der Waals surface area contributed by atoms with Crippen LogP contribution in [0.15, 0.2) is 30.3 Å². The first-order chi connectivity index (χ1) is 9.22. The summed E-state index contributed by atoms with van der Waals surface area (Å²) in [7, 11) is 1.28. The van der Waals surface area contributed by atoms with Gasteiger partial charge >= 0.3 is 5.97 Å². The van der Waals surface area contributed by atoms with Gasteiger partial charge in [-0.15, -0.1) is 0 Å². The van der Waals surface area contributed by atoms with Crippen molar-refractivity contribution in [3.63, 3.8) is 0 Å². The van der Waals surface area contributed by atoms with Crippen LogP contribution in [0.3, 0.4) is 0 Å². The van der Waals surface area contributed by atoms with Crippen LogP contribution in [-0.4, -0.2) is 25.5 Å². The van der Waals surface area contributed by atoms with Gasteiger partial charge in [-0.25, -0.2) is 0 Å². The topological polar surface area (TPSA) is 52.6 Å². The van der Waals surface area contributed by atoms with Crippen molar-refractivity contribution in [3.05, 3.63) is 35.9 Å². The molecule has 0 heterocycles. The van der Waals surface area contributed by atoms with Gasteiger partial charge in [0.05, 0.1) is 13.7 Å². The zero-order valence-corrected chi connectivity index (χ0v) is 11.3. The van der Waals surface area contributed by atoms with E-state index in [1.54, 1.807) is 0 Å². The Labute approximate surface area is 113 Å². The molecule has 0 aliphatic heterocycles. The van der Waals surface area contributed by atoms with Crippen LogP contribution < -0.4 is 0 Å². The van der Waals surface area contributed by atoms with Crippen molar-refractivity contribution in [2.24, 2.45) is 0 Å². The molecule has 0 bridgehead atoms. The Balaban J connectivity index is 1.99. The number of esters is 1. The number of hydrogen-bond acceptors (Lipinski definition) is 4. The Bertz CT molecular complexity index is 386. The second-order valence-corrected chi connectivity index (χ2v) is 4.29. The van der Waals surface area contributed by atoms with E-state index in [-0.39, 0.29) is 12.2 Å². The standard InChI is InChI=1S/C15H20O4/c1-18-15(17)11-14(16)9-5-6-10-19-12-13-7-3-2-4-8-13/h2-4,7-8H,5-6,9-12H2,1H3. The predicted molar refractivity (Wildman–Crippen MR) is 71.6 cm³/mol. The molecular formula is C15H20O4. The molecule has 104 valence electrons. The maximum atomic E-state index is 11.3. The quantitative estimate of drug-likeness (QED) is 0.390. The minimum absolute atomic E-state index is 0.0742. The lowest BCUT2D eigenvalue weighted by molar-refractivity contribution is -0.143. The summed E-state index contributed by atoms with van der Waals surface area (Å²) in [5.41, 5.74) is 1.14. The summed E-state index contributed by atoms with van der Waals surface area (Å²) in [5.74, 6) is -0.541. The van der Waals surface area contributed by atoms with Crippen molar-refractivity contribution < 1.29 is 19.1 Å². The lowest BCUT2D eigenvalue weighted by atomic mass is 10.1. The predicted octanol–water partition coefficient (Wildman–Crippen LogP) is 2.51. The van der Waals surface area contributed by atoms with Gasteiger partial charge in [0.2, 0.25) is 0 Å². The average molecular weight is 264 g/mol. The Hall–Kier alpha value is -1.68. The van der Waals surface area contributed by atoms with Crippen molar-refractivity contribution in [2.45, 2.75) is 32.3 Å². The van der Waals surface area contributed by atoms with Gasteiger partial charge in [-0.1, -0.05) is 30.3 Å². The first-order valence-electron chi connectivity index (χ1n) is 6.42. The van der Waals surface area contributed by atoms with Gasteiger partial charge < -0.3 is 9.47 Å². The molecule has 0 saturated carbocycles. The number of ketones is 1. The molecule has 0 saturated heterocycles. The van der Waals surface area contributed by atoms with E-state index in [9.17, 15) is 9.59 Å². The molecule has 4 nitrogen and oxygen atoms in total. The second kappa shape index (κ2) is 9.28. The van der Waals surface area contributed by atoms with E-state index < -0.39 is 5.97 Å². The number of benzene rings is 1. The molecule has 1 aromatic rings. The molecule has 0 N–H and O–H groups in total. The summed E-state index contributed by atoms with van der Waals surface area (Å²) < 4.78 is 9.93. The van der Waals surface area contributed by atoms with Crippen molar-refractivity contribution in [1.29, 1.82) is 0 Å². The third-order valence-electron chi connectivity index (χ3n) is 2.68. The van der Waals surface area contributed by atoms with Crippen LogP contribution in [0, 0.1) is 0 Å². The van der Waals surface area contributed by atoms with E-state index in [1.807, 2.05) is 30.3 Å². The first kappa shape index (κ1) is 15.4. The molecule has 0 aliphatic carbocycles. The largest absolute Gasteiger partial charge is 0.469 e. The molecule has 0 aliphatic rings. The highest BCUT2D eigenvalue weighted by atomic mass is 16.5. The SMILES string of the molecule is COC(=O)CC(=O)CCCCOCc1ccccc1. The van der Waals surface area contributed by atoms with Crippen molar-refractivity contribution in [1.82, 2.24) is 0 Å². The van der Waals surface area contributed by atoms with E-state index in [0.717, 1.165) is 18.4 Å². The van der Waals surface area contributed by atoms with Crippen LogP contribution >= 0.6 is 0 Å². The molecule has 0 unspecified atom stereocenters. The minimum Gasteiger partial charge on any atom is -0.469 e. The van der Waals surface area contributed by atoms with Crippen molar-refractivity contribution in [3.8, 4) is 0 Å². The second-order valence-electron chi connectivity index (χ2n) is 4.29. The number of carbonyl (C=O) groups excluding carboxylic acids is 2. The summed E-state index contributed by atoms with van der Waals surface area (Å²) >= 11 is 0. The van der Waals surface area contributed by atoms with Crippen LogP contribution in [-0.2, 0) is 25.7 Å². The van der Waals surface area contributed by atoms with Gasteiger partial charge in [0.15, 0.2) is 0 Å². The third kappa shape index (κ3) is 7.36. The molecular weight excluding hydrogens is 244 g/mol. The molecule has 0 aromatic heterocycles. The highest BCUT2D eigenvalue weighted by Crippen LogP contribution is 2.04. The summed E-state index contributed by atoms with van der Waals surface area (Å²) in [6.07, 6.45) is 1.84. The molecule has 0 radical (unpaired) electrons. The summed E-state index contributed by atoms with van der Waals surface area (Å²) in [4.78, 5) is 22.2. The van der Waals surface area contributed by atoms with Gasteiger partial charge in [0.1, 0.15) is 12.2 Å². The van der Waals surface area contributed by atoms with Crippen molar-refractivity contribution in [2.75, 3.05) is 13.7 Å². The maximum Gasteiger partial charge on any atom is 0.313 e. The fourth-order valence-electron chi connectivity index (χ4n) is 1.61. The zero-order chi connectivity index (χ0) is 13.9. The summed E-state index contributed by atoms with van der Waals surface area (Å²) in [6.45, 7) is 1.22. The number of rotatable bonds is 9. The Morgan fingerprint density at radius 2 is 1.84 bits per heavy atom. The van der Waals surface area contributed by atoms with Crippen LogP contribution in [0.4, 0.5) is 0 Å². The van der Waals surface area contributed by atoms with Crippen LogP contribution in [0.2, 0.25) is 0 Å². The number of Topliss-reactive ketones (excluding diaryl/α,β-unsaturated/α-hetero) is 1. The molecule has 4 heteroatoms. The van der Waals surface area contributed by atoms with Gasteiger partial charge in [0.25, 0.3) is 0 Å².